The molecule has 2 N–H and O–H groups in total. The summed E-state index contributed by atoms with van der Waals surface area (Å²) in [7, 11) is -3.91. The molecule has 22 heavy (non-hydrogen) atoms. The van der Waals surface area contributed by atoms with Crippen molar-refractivity contribution in [3.05, 3.63) is 41.1 Å². The molecule has 0 atom stereocenters. The van der Waals surface area contributed by atoms with Crippen molar-refractivity contribution in [1.82, 2.24) is 4.98 Å². The first kappa shape index (κ1) is 16.8. The van der Waals surface area contributed by atoms with E-state index in [1.807, 2.05) is 20.8 Å². The minimum absolute atomic E-state index is 0.0288. The Morgan fingerprint density at radius 2 is 2.05 bits per heavy atom. The van der Waals surface area contributed by atoms with Gasteiger partial charge in [0.25, 0.3) is 0 Å². The van der Waals surface area contributed by atoms with Crippen LogP contribution in [0.5, 0.6) is 5.75 Å². The van der Waals surface area contributed by atoms with Gasteiger partial charge in [-0.05, 0) is 12.1 Å². The van der Waals surface area contributed by atoms with Crippen LogP contribution in [-0.2, 0) is 22.0 Å². The molecule has 0 saturated carbocycles. The Bertz CT molecular complexity index is 778. The first-order valence-electron chi connectivity index (χ1n) is 6.47. The van der Waals surface area contributed by atoms with Gasteiger partial charge < -0.3 is 9.15 Å². The van der Waals surface area contributed by atoms with Crippen molar-refractivity contribution in [2.24, 2.45) is 5.14 Å². The van der Waals surface area contributed by atoms with E-state index in [4.69, 9.17) is 25.9 Å². The van der Waals surface area contributed by atoms with Crippen molar-refractivity contribution >= 4 is 21.6 Å². The second-order valence-electron chi connectivity index (χ2n) is 5.80. The molecular formula is C14H17ClN2O4S. The monoisotopic (exact) mass is 344 g/mol. The second kappa shape index (κ2) is 5.91. The van der Waals surface area contributed by atoms with Crippen molar-refractivity contribution < 1.29 is 17.6 Å². The van der Waals surface area contributed by atoms with Crippen molar-refractivity contribution in [2.45, 2.75) is 37.7 Å². The summed E-state index contributed by atoms with van der Waals surface area (Å²) >= 11 is 5.86. The summed E-state index contributed by atoms with van der Waals surface area (Å²) in [6.07, 6.45) is 1.55. The van der Waals surface area contributed by atoms with E-state index < -0.39 is 10.0 Å². The van der Waals surface area contributed by atoms with Crippen LogP contribution in [0.2, 0.25) is 5.02 Å². The third kappa shape index (κ3) is 4.00. The summed E-state index contributed by atoms with van der Waals surface area (Å²) in [5.74, 6) is 0.399. The molecule has 2 rings (SSSR count). The molecule has 0 unspecified atom stereocenters. The third-order valence-corrected chi connectivity index (χ3v) is 4.07. The molecule has 120 valence electrons. The van der Waals surface area contributed by atoms with Crippen LogP contribution in [-0.4, -0.2) is 13.4 Å². The fourth-order valence-corrected chi connectivity index (χ4v) is 2.51. The maximum Gasteiger partial charge on any atom is 0.241 e. The molecule has 0 amide bonds. The Labute approximate surface area is 134 Å². The van der Waals surface area contributed by atoms with Gasteiger partial charge in [-0.15, -0.1) is 0 Å². The predicted octanol–water partition coefficient (Wildman–Crippen LogP) is 2.85. The molecule has 0 aliphatic heterocycles. The van der Waals surface area contributed by atoms with Crippen LogP contribution < -0.4 is 9.88 Å². The molecule has 0 aliphatic rings. The summed E-state index contributed by atoms with van der Waals surface area (Å²) in [6.45, 7) is 5.99. The van der Waals surface area contributed by atoms with Crippen LogP contribution in [0.25, 0.3) is 0 Å². The number of nitrogens with zero attached hydrogens (tertiary/aromatic N) is 1. The minimum atomic E-state index is -3.91. The van der Waals surface area contributed by atoms with E-state index >= 15 is 0 Å². The molecule has 0 spiro atoms. The lowest BCUT2D eigenvalue weighted by Gasteiger charge is -2.13. The van der Waals surface area contributed by atoms with Crippen molar-refractivity contribution in [3.8, 4) is 5.75 Å². The minimum Gasteiger partial charge on any atom is -0.482 e. The SMILES string of the molecule is CC(C)(C)c1coc(COc2cc(Cl)ccc2S(N)(=O)=O)n1. The van der Waals surface area contributed by atoms with Crippen LogP contribution in [0.1, 0.15) is 32.4 Å². The first-order valence-corrected chi connectivity index (χ1v) is 8.40. The number of hydrogen-bond donors (Lipinski definition) is 1. The Morgan fingerprint density at radius 1 is 1.36 bits per heavy atom. The molecule has 6 nitrogen and oxygen atoms in total. The molecule has 0 bridgehead atoms. The highest BCUT2D eigenvalue weighted by Crippen LogP contribution is 2.28. The first-order chi connectivity index (χ1) is 10.1. The zero-order valence-electron chi connectivity index (χ0n) is 12.5. The van der Waals surface area contributed by atoms with Crippen LogP contribution in [0.15, 0.2) is 33.8 Å². The number of rotatable bonds is 4. The van der Waals surface area contributed by atoms with Gasteiger partial charge in [0.2, 0.25) is 15.9 Å². The highest BCUT2D eigenvalue weighted by Gasteiger charge is 2.20. The summed E-state index contributed by atoms with van der Waals surface area (Å²) in [6, 6.07) is 4.11. The van der Waals surface area contributed by atoms with Gasteiger partial charge in [0.1, 0.15) is 16.9 Å². The van der Waals surface area contributed by atoms with Gasteiger partial charge >= 0.3 is 0 Å². The molecule has 1 aromatic heterocycles. The second-order valence-corrected chi connectivity index (χ2v) is 7.77. The van der Waals surface area contributed by atoms with Crippen molar-refractivity contribution in [2.75, 3.05) is 0 Å². The van der Waals surface area contributed by atoms with E-state index in [9.17, 15) is 8.42 Å². The molecule has 1 aromatic carbocycles. The Balaban J connectivity index is 2.22. The maximum absolute atomic E-state index is 11.5. The lowest BCUT2D eigenvalue weighted by atomic mass is 9.93. The topological polar surface area (TPSA) is 95.4 Å². The number of oxazole rings is 1. The summed E-state index contributed by atoms with van der Waals surface area (Å²) in [5, 5.41) is 5.49. The number of nitrogens with two attached hydrogens (primary N) is 1. The van der Waals surface area contributed by atoms with Gasteiger partial charge in [-0.25, -0.2) is 18.5 Å². The fourth-order valence-electron chi connectivity index (χ4n) is 1.69. The number of ether oxygens (including phenoxy) is 1. The number of halogens is 1. The Kier molecular flexibility index (Phi) is 4.51. The van der Waals surface area contributed by atoms with E-state index in [0.29, 0.717) is 10.9 Å². The standard InChI is InChI=1S/C14H17ClN2O4S/c1-14(2,3)12-7-21-13(17-12)8-20-10-6-9(15)4-5-11(10)22(16,18)19/h4-7H,8H2,1-3H3,(H2,16,18,19). The Hall–Kier alpha value is -1.57. The lowest BCUT2D eigenvalue weighted by molar-refractivity contribution is 0.257. The normalized spacial score (nSPS) is 12.4. The van der Waals surface area contributed by atoms with E-state index in [2.05, 4.69) is 4.98 Å². The van der Waals surface area contributed by atoms with Gasteiger partial charge in [-0.2, -0.15) is 0 Å². The highest BCUT2D eigenvalue weighted by molar-refractivity contribution is 7.89. The van der Waals surface area contributed by atoms with E-state index in [1.54, 1.807) is 6.26 Å². The molecule has 0 fully saturated rings. The summed E-state index contributed by atoms with van der Waals surface area (Å²) in [4.78, 5) is 4.17. The predicted molar refractivity (Wildman–Crippen MR) is 82.4 cm³/mol. The van der Waals surface area contributed by atoms with E-state index in [0.717, 1.165) is 5.69 Å². The molecule has 1 heterocycles. The smallest absolute Gasteiger partial charge is 0.241 e. The van der Waals surface area contributed by atoms with Gasteiger partial charge in [0, 0.05) is 16.5 Å². The van der Waals surface area contributed by atoms with Crippen LogP contribution in [0.4, 0.5) is 0 Å². The molecule has 0 saturated heterocycles. The zero-order valence-corrected chi connectivity index (χ0v) is 14.0. The average molecular weight is 345 g/mol. The molecule has 8 heteroatoms. The zero-order chi connectivity index (χ0) is 16.5. The highest BCUT2D eigenvalue weighted by atomic mass is 35.5. The molecular weight excluding hydrogens is 328 g/mol. The summed E-state index contributed by atoms with van der Waals surface area (Å²) < 4.78 is 33.8. The molecule has 0 aliphatic carbocycles. The number of hydrogen-bond acceptors (Lipinski definition) is 5. The molecule has 0 radical (unpaired) electrons. The van der Waals surface area contributed by atoms with E-state index in [-0.39, 0.29) is 22.7 Å². The Morgan fingerprint density at radius 3 is 2.59 bits per heavy atom. The van der Waals surface area contributed by atoms with Gasteiger partial charge in [-0.3, -0.25) is 0 Å². The summed E-state index contributed by atoms with van der Waals surface area (Å²) in [5.41, 5.74) is 0.632. The van der Waals surface area contributed by atoms with Crippen molar-refractivity contribution in [1.29, 1.82) is 0 Å². The van der Waals surface area contributed by atoms with Crippen LogP contribution >= 0.6 is 11.6 Å². The number of aromatic nitrogens is 1. The third-order valence-electron chi connectivity index (χ3n) is 2.88. The number of sulfonamides is 1. The molecule has 2 aromatic rings. The van der Waals surface area contributed by atoms with E-state index in [1.165, 1.54) is 18.2 Å². The van der Waals surface area contributed by atoms with Crippen LogP contribution in [0.3, 0.4) is 0 Å². The quantitative estimate of drug-likeness (QED) is 0.920. The number of primary sulfonamides is 1. The largest absolute Gasteiger partial charge is 0.482 e. The van der Waals surface area contributed by atoms with Gasteiger partial charge in [0.05, 0.1) is 5.69 Å². The average Bonchev–Trinajstić information content (AvgIpc) is 2.83. The van der Waals surface area contributed by atoms with Gasteiger partial charge in [-0.1, -0.05) is 32.4 Å². The van der Waals surface area contributed by atoms with Crippen LogP contribution in [0, 0.1) is 0 Å². The van der Waals surface area contributed by atoms with Crippen molar-refractivity contribution in [3.63, 3.8) is 0 Å². The lowest BCUT2D eigenvalue weighted by Crippen LogP contribution is -2.14. The fraction of sp³-hybridized carbons (Fsp3) is 0.357. The number of benzene rings is 1. The van der Waals surface area contributed by atoms with Gasteiger partial charge in [0.15, 0.2) is 6.61 Å². The maximum atomic E-state index is 11.5.